The molecule has 1 fully saturated rings. The van der Waals surface area contributed by atoms with E-state index in [1.54, 1.807) is 6.20 Å². The third-order valence-electron chi connectivity index (χ3n) is 4.45. The zero-order valence-electron chi connectivity index (χ0n) is 13.3. The van der Waals surface area contributed by atoms with Gasteiger partial charge >= 0.3 is 0 Å². The van der Waals surface area contributed by atoms with Crippen LogP contribution in [0.25, 0.3) is 22.0 Å². The molecule has 1 aromatic heterocycles. The molecule has 1 saturated carbocycles. The van der Waals surface area contributed by atoms with Crippen LogP contribution in [0.15, 0.2) is 48.7 Å². The van der Waals surface area contributed by atoms with Crippen molar-refractivity contribution in [3.63, 3.8) is 0 Å². The van der Waals surface area contributed by atoms with Gasteiger partial charge in [0.2, 0.25) is 0 Å². The van der Waals surface area contributed by atoms with Gasteiger partial charge in [-0.25, -0.2) is 0 Å². The Hall–Kier alpha value is -2.66. The normalized spacial score (nSPS) is 15.0. The molecule has 5 heteroatoms. The maximum Gasteiger partial charge on any atom is 0.173 e. The molecule has 0 aliphatic heterocycles. The Labute approximate surface area is 140 Å². The van der Waals surface area contributed by atoms with Gasteiger partial charge < -0.3 is 10.6 Å². The first kappa shape index (κ1) is 14.9. The molecule has 0 saturated heterocycles. The van der Waals surface area contributed by atoms with Crippen molar-refractivity contribution in [3.8, 4) is 16.9 Å². The van der Waals surface area contributed by atoms with E-state index in [1.165, 1.54) is 12.8 Å². The lowest BCUT2D eigenvalue weighted by Gasteiger charge is -2.14. The maximum atomic E-state index is 5.95. The Morgan fingerprint density at radius 3 is 2.75 bits per heavy atom. The lowest BCUT2D eigenvalue weighted by atomic mass is 10.0. The van der Waals surface area contributed by atoms with E-state index in [0.717, 1.165) is 34.9 Å². The largest absolute Gasteiger partial charge is 0.397 e. The quantitative estimate of drug-likeness (QED) is 0.578. The van der Waals surface area contributed by atoms with Crippen molar-refractivity contribution in [2.75, 3.05) is 5.73 Å². The molecule has 24 heavy (non-hydrogen) atoms. The lowest BCUT2D eigenvalue weighted by molar-refractivity contribution is -0.242. The monoisotopic (exact) mass is 321 g/mol. The van der Waals surface area contributed by atoms with Crippen molar-refractivity contribution < 1.29 is 9.78 Å². The predicted molar refractivity (Wildman–Crippen MR) is 93.4 cm³/mol. The predicted octanol–water partition coefficient (Wildman–Crippen LogP) is 4.13. The minimum atomic E-state index is 0.195. The summed E-state index contributed by atoms with van der Waals surface area (Å²) in [4.78, 5) is 11.3. The highest BCUT2D eigenvalue weighted by Gasteiger charge is 2.18. The van der Waals surface area contributed by atoms with Crippen molar-refractivity contribution in [1.29, 1.82) is 0 Å². The SMILES string of the molecule is Nc1cnnc2cc(-c3ccccc3OOC3CCCC3)ccc12. The Morgan fingerprint density at radius 1 is 1.04 bits per heavy atom. The first-order valence-electron chi connectivity index (χ1n) is 8.25. The first-order chi connectivity index (χ1) is 11.8. The molecule has 0 unspecified atom stereocenters. The van der Waals surface area contributed by atoms with E-state index in [9.17, 15) is 0 Å². The number of hydrogen-bond acceptors (Lipinski definition) is 5. The van der Waals surface area contributed by atoms with Crippen LogP contribution in [0.5, 0.6) is 5.75 Å². The average Bonchev–Trinajstić information content (AvgIpc) is 3.14. The summed E-state index contributed by atoms with van der Waals surface area (Å²) in [6.45, 7) is 0. The van der Waals surface area contributed by atoms with Gasteiger partial charge in [0, 0.05) is 10.9 Å². The van der Waals surface area contributed by atoms with Crippen molar-refractivity contribution in [3.05, 3.63) is 48.7 Å². The van der Waals surface area contributed by atoms with Crippen LogP contribution in [0.2, 0.25) is 0 Å². The topological polar surface area (TPSA) is 70.3 Å². The number of anilines is 1. The smallest absolute Gasteiger partial charge is 0.173 e. The van der Waals surface area contributed by atoms with Gasteiger partial charge in [0.25, 0.3) is 0 Å². The molecule has 3 aromatic rings. The first-order valence-corrected chi connectivity index (χ1v) is 8.25. The van der Waals surface area contributed by atoms with E-state index in [-0.39, 0.29) is 6.10 Å². The molecule has 0 atom stereocenters. The Bertz CT molecular complexity index is 860. The van der Waals surface area contributed by atoms with Crippen LogP contribution in [0.1, 0.15) is 25.7 Å². The standard InChI is InChI=1S/C19H19N3O2/c20-17-12-21-22-18-11-13(9-10-16(17)18)15-7-3-4-8-19(15)24-23-14-5-1-2-6-14/h3-4,7-12,14H,1-2,5-6H2,(H2,20,22). The highest BCUT2D eigenvalue weighted by atomic mass is 17.2. The van der Waals surface area contributed by atoms with Crippen LogP contribution in [0.4, 0.5) is 5.69 Å². The van der Waals surface area contributed by atoms with Crippen LogP contribution in [0, 0.1) is 0 Å². The number of aromatic nitrogens is 2. The summed E-state index contributed by atoms with van der Waals surface area (Å²) in [5.74, 6) is 0.709. The van der Waals surface area contributed by atoms with Crippen molar-refractivity contribution in [2.24, 2.45) is 0 Å². The molecule has 122 valence electrons. The van der Waals surface area contributed by atoms with Crippen molar-refractivity contribution in [2.45, 2.75) is 31.8 Å². The number of nitrogens with zero attached hydrogens (tertiary/aromatic N) is 2. The molecule has 2 aromatic carbocycles. The van der Waals surface area contributed by atoms with Crippen LogP contribution in [-0.2, 0) is 4.89 Å². The lowest BCUT2D eigenvalue weighted by Crippen LogP contribution is -2.10. The summed E-state index contributed by atoms with van der Waals surface area (Å²) in [5, 5.41) is 8.99. The fourth-order valence-electron chi connectivity index (χ4n) is 3.13. The highest BCUT2D eigenvalue weighted by Crippen LogP contribution is 2.33. The summed E-state index contributed by atoms with van der Waals surface area (Å²) in [6, 6.07) is 13.8. The second-order valence-corrected chi connectivity index (χ2v) is 6.11. The molecule has 0 radical (unpaired) electrons. The van der Waals surface area contributed by atoms with E-state index in [1.807, 2.05) is 42.5 Å². The van der Waals surface area contributed by atoms with E-state index < -0.39 is 0 Å². The number of fused-ring (bicyclic) bond motifs is 1. The molecule has 1 heterocycles. The number of hydrogen-bond donors (Lipinski definition) is 1. The molecule has 5 nitrogen and oxygen atoms in total. The Morgan fingerprint density at radius 2 is 1.88 bits per heavy atom. The highest BCUT2D eigenvalue weighted by molar-refractivity contribution is 5.92. The summed E-state index contributed by atoms with van der Waals surface area (Å²) in [5.41, 5.74) is 9.29. The zero-order chi connectivity index (χ0) is 16.4. The van der Waals surface area contributed by atoms with E-state index in [2.05, 4.69) is 10.2 Å². The number of nitrogen functional groups attached to an aromatic ring is 1. The maximum absolute atomic E-state index is 5.95. The summed E-state index contributed by atoms with van der Waals surface area (Å²) >= 11 is 0. The van der Waals surface area contributed by atoms with E-state index in [4.69, 9.17) is 15.5 Å². The molecule has 0 amide bonds. The van der Waals surface area contributed by atoms with Crippen molar-refractivity contribution in [1.82, 2.24) is 10.2 Å². The molecular formula is C19H19N3O2. The number of rotatable bonds is 4. The minimum absolute atomic E-state index is 0.195. The van der Waals surface area contributed by atoms with Crippen molar-refractivity contribution >= 4 is 16.6 Å². The Kier molecular flexibility index (Phi) is 4.01. The summed E-state index contributed by atoms with van der Waals surface area (Å²) < 4.78 is 0. The van der Waals surface area contributed by atoms with E-state index in [0.29, 0.717) is 11.4 Å². The van der Waals surface area contributed by atoms with Crippen LogP contribution >= 0.6 is 0 Å². The molecule has 1 aliphatic rings. The van der Waals surface area contributed by atoms with Crippen LogP contribution in [-0.4, -0.2) is 16.3 Å². The zero-order valence-corrected chi connectivity index (χ0v) is 13.3. The number of nitrogens with two attached hydrogens (primary N) is 1. The van der Waals surface area contributed by atoms with E-state index >= 15 is 0 Å². The minimum Gasteiger partial charge on any atom is -0.397 e. The molecule has 0 spiro atoms. The molecular weight excluding hydrogens is 302 g/mol. The molecule has 0 bridgehead atoms. The van der Waals surface area contributed by atoms with Gasteiger partial charge in [-0.1, -0.05) is 37.1 Å². The fraction of sp³-hybridized carbons (Fsp3) is 0.263. The van der Waals surface area contributed by atoms with Crippen LogP contribution < -0.4 is 10.6 Å². The Balaban J connectivity index is 1.66. The third-order valence-corrected chi connectivity index (χ3v) is 4.45. The van der Waals surface area contributed by atoms with Gasteiger partial charge in [0.15, 0.2) is 5.75 Å². The molecule has 4 rings (SSSR count). The number of para-hydroxylation sites is 1. The van der Waals surface area contributed by atoms with Gasteiger partial charge in [-0.2, -0.15) is 15.1 Å². The average molecular weight is 321 g/mol. The van der Waals surface area contributed by atoms with Gasteiger partial charge in [-0.15, -0.1) is 0 Å². The van der Waals surface area contributed by atoms with Gasteiger partial charge in [0.1, 0.15) is 6.10 Å². The molecule has 1 aliphatic carbocycles. The second-order valence-electron chi connectivity index (χ2n) is 6.11. The second kappa shape index (κ2) is 6.45. The van der Waals surface area contributed by atoms with Gasteiger partial charge in [0.05, 0.1) is 17.4 Å². The van der Waals surface area contributed by atoms with Gasteiger partial charge in [-0.05, 0) is 36.6 Å². The summed E-state index contributed by atoms with van der Waals surface area (Å²) in [6.07, 6.45) is 6.30. The van der Waals surface area contributed by atoms with Crippen LogP contribution in [0.3, 0.4) is 0 Å². The fourth-order valence-corrected chi connectivity index (χ4v) is 3.13. The van der Waals surface area contributed by atoms with Gasteiger partial charge in [-0.3, -0.25) is 0 Å². The molecule has 2 N–H and O–H groups in total. The summed E-state index contributed by atoms with van der Waals surface area (Å²) in [7, 11) is 0. The number of benzene rings is 2. The third kappa shape index (κ3) is 2.90.